The Balaban J connectivity index is 1.35. The van der Waals surface area contributed by atoms with E-state index in [-0.39, 0.29) is 74.0 Å². The summed E-state index contributed by atoms with van der Waals surface area (Å²) in [4.78, 5) is 73.6. The van der Waals surface area contributed by atoms with Crippen LogP contribution in [-0.4, -0.2) is 128 Å². The Hall–Kier alpha value is -5.04. The fourth-order valence-electron chi connectivity index (χ4n) is 6.75. The van der Waals surface area contributed by atoms with E-state index in [1.54, 1.807) is 4.90 Å². The van der Waals surface area contributed by atoms with Crippen LogP contribution in [0.2, 0.25) is 0 Å². The van der Waals surface area contributed by atoms with Gasteiger partial charge in [-0.05, 0) is 74.4 Å². The van der Waals surface area contributed by atoms with Crippen LogP contribution in [0.4, 0.5) is 4.39 Å². The average molecular weight is 703 g/mol. The van der Waals surface area contributed by atoms with Crippen LogP contribution >= 0.6 is 0 Å². The van der Waals surface area contributed by atoms with Gasteiger partial charge in [0.25, 0.3) is 5.91 Å². The summed E-state index contributed by atoms with van der Waals surface area (Å²) < 4.78 is 20.7. The molecular weight excluding hydrogens is 655 g/mol. The molecule has 2 aliphatic rings. The van der Waals surface area contributed by atoms with Crippen LogP contribution in [0.5, 0.6) is 5.75 Å². The van der Waals surface area contributed by atoms with E-state index < -0.39 is 29.7 Å². The van der Waals surface area contributed by atoms with E-state index in [9.17, 15) is 28.4 Å². The van der Waals surface area contributed by atoms with Gasteiger partial charge in [-0.15, -0.1) is 0 Å². The zero-order valence-corrected chi connectivity index (χ0v) is 29.7. The van der Waals surface area contributed by atoms with Gasteiger partial charge in [0.1, 0.15) is 24.2 Å². The summed E-state index contributed by atoms with van der Waals surface area (Å²) in [7, 11) is 6.82. The number of nitrogens with one attached hydrogen (secondary N) is 2. The lowest BCUT2D eigenvalue weighted by atomic mass is 10.0. The van der Waals surface area contributed by atoms with Gasteiger partial charge in [0.15, 0.2) is 0 Å². The van der Waals surface area contributed by atoms with Crippen molar-refractivity contribution in [2.75, 3.05) is 61.0 Å². The molecule has 0 bridgehead atoms. The number of hydrogen-bond acceptors (Lipinski definition) is 7. The fourth-order valence-corrected chi connectivity index (χ4v) is 6.75. The molecule has 0 aromatic heterocycles. The molecule has 1 fully saturated rings. The highest BCUT2D eigenvalue weighted by Crippen LogP contribution is 2.27. The lowest BCUT2D eigenvalue weighted by Gasteiger charge is -2.28. The standard InChI is InChI=1S/C38H47FN6O6/c1-42(2)18-8-17-40-37(49)32-14-16-35(47)43(3)23-36(48)45-22-28(41-34(46)19-26-11-7-10-25-9-5-6-12-30(25)26)21-29(45)24-51-33-15-13-27(39)20-31(33)38(50)44(32)4/h5-7,9-13,15,20,28-29,32H,8,14,16-19,21-24H2,1-4H3,(H,40,49)(H,41,46)/t28-,29-,32-/m0/s1. The summed E-state index contributed by atoms with van der Waals surface area (Å²) in [5.74, 6) is -2.54. The molecule has 0 radical (unpaired) electrons. The van der Waals surface area contributed by atoms with Crippen LogP contribution in [0, 0.1) is 5.82 Å². The second kappa shape index (κ2) is 16.8. The lowest BCUT2D eigenvalue weighted by molar-refractivity contribution is -0.140. The highest BCUT2D eigenvalue weighted by atomic mass is 19.1. The third-order valence-corrected chi connectivity index (χ3v) is 9.54. The molecule has 1 saturated heterocycles. The van der Waals surface area contributed by atoms with Crippen LogP contribution in [0.3, 0.4) is 0 Å². The third kappa shape index (κ3) is 9.40. The molecule has 0 unspecified atom stereocenters. The second-order valence-electron chi connectivity index (χ2n) is 13.6. The summed E-state index contributed by atoms with van der Waals surface area (Å²) in [6.45, 7) is 1.05. The van der Waals surface area contributed by atoms with Gasteiger partial charge in [0.2, 0.25) is 23.6 Å². The van der Waals surface area contributed by atoms with Crippen molar-refractivity contribution in [3.8, 4) is 5.75 Å². The predicted molar refractivity (Wildman–Crippen MR) is 191 cm³/mol. The SMILES string of the molecule is CN(C)CCCNC(=O)[C@@H]1CCC(=O)N(C)CC(=O)N2C[C@@H](NC(=O)Cc3cccc4ccccc34)C[C@H]2COc2ccc(F)cc2C(=O)N1C. The van der Waals surface area contributed by atoms with Gasteiger partial charge in [-0.2, -0.15) is 0 Å². The van der Waals surface area contributed by atoms with Crippen molar-refractivity contribution in [3.63, 3.8) is 0 Å². The maximum Gasteiger partial charge on any atom is 0.258 e. The maximum absolute atomic E-state index is 14.6. The number of benzene rings is 3. The van der Waals surface area contributed by atoms with Gasteiger partial charge in [0.05, 0.1) is 24.6 Å². The van der Waals surface area contributed by atoms with E-state index in [1.807, 2.05) is 61.5 Å². The fraction of sp³-hybridized carbons (Fsp3) is 0.447. The largest absolute Gasteiger partial charge is 0.491 e. The number of halogens is 1. The van der Waals surface area contributed by atoms with Gasteiger partial charge >= 0.3 is 0 Å². The zero-order valence-electron chi connectivity index (χ0n) is 29.7. The number of hydrogen-bond donors (Lipinski definition) is 2. The number of likely N-dealkylation sites (N-methyl/N-ethyl adjacent to an activating group) is 2. The molecule has 2 N–H and O–H groups in total. The summed E-state index contributed by atoms with van der Waals surface area (Å²) in [6.07, 6.45) is 1.09. The average Bonchev–Trinajstić information content (AvgIpc) is 3.51. The molecule has 0 spiro atoms. The molecule has 5 amide bonds. The lowest BCUT2D eigenvalue weighted by Crippen LogP contribution is -2.49. The first kappa shape index (κ1) is 37.2. The molecule has 3 atom stereocenters. The molecule has 51 heavy (non-hydrogen) atoms. The van der Waals surface area contributed by atoms with E-state index in [1.165, 1.54) is 36.0 Å². The molecule has 0 saturated carbocycles. The molecule has 272 valence electrons. The van der Waals surface area contributed by atoms with Crippen LogP contribution in [0.15, 0.2) is 60.7 Å². The van der Waals surface area contributed by atoms with Crippen molar-refractivity contribution < 1.29 is 33.1 Å². The van der Waals surface area contributed by atoms with Crippen LogP contribution in [0.25, 0.3) is 10.8 Å². The van der Waals surface area contributed by atoms with E-state index in [4.69, 9.17) is 4.74 Å². The normalized spacial score (nSPS) is 20.4. The Morgan fingerprint density at radius 1 is 1.00 bits per heavy atom. The number of fused-ring (bicyclic) bond motifs is 3. The van der Waals surface area contributed by atoms with Crippen molar-refractivity contribution in [2.45, 2.75) is 50.2 Å². The topological polar surface area (TPSA) is 132 Å². The number of ether oxygens (including phenoxy) is 1. The monoisotopic (exact) mass is 702 g/mol. The molecule has 3 aromatic carbocycles. The molecule has 12 nitrogen and oxygen atoms in total. The summed E-state index contributed by atoms with van der Waals surface area (Å²) in [6, 6.07) is 15.3. The smallest absolute Gasteiger partial charge is 0.258 e. The highest BCUT2D eigenvalue weighted by molar-refractivity contribution is 6.00. The first-order valence-electron chi connectivity index (χ1n) is 17.3. The quantitative estimate of drug-likeness (QED) is 0.345. The van der Waals surface area contributed by atoms with Gasteiger partial charge in [-0.1, -0.05) is 42.5 Å². The Morgan fingerprint density at radius 3 is 2.55 bits per heavy atom. The number of carbonyl (C=O) groups is 5. The van der Waals surface area contributed by atoms with Gasteiger partial charge < -0.3 is 35.0 Å². The number of amides is 5. The summed E-state index contributed by atoms with van der Waals surface area (Å²) in [5.41, 5.74) is 0.803. The van der Waals surface area contributed by atoms with Crippen LogP contribution in [-0.2, 0) is 25.6 Å². The third-order valence-electron chi connectivity index (χ3n) is 9.54. The van der Waals surface area contributed by atoms with Crippen molar-refractivity contribution >= 4 is 40.3 Å². The molecule has 2 heterocycles. The van der Waals surface area contributed by atoms with Crippen LogP contribution in [0.1, 0.15) is 41.6 Å². The van der Waals surface area contributed by atoms with E-state index >= 15 is 0 Å². The Labute approximate surface area is 297 Å². The van der Waals surface area contributed by atoms with Crippen molar-refractivity contribution in [3.05, 3.63) is 77.6 Å². The molecule has 3 aromatic rings. The minimum absolute atomic E-state index is 0.0121. The van der Waals surface area contributed by atoms with Crippen molar-refractivity contribution in [1.82, 2.24) is 30.2 Å². The maximum atomic E-state index is 14.6. The van der Waals surface area contributed by atoms with Crippen molar-refractivity contribution in [2.24, 2.45) is 0 Å². The Morgan fingerprint density at radius 2 is 1.76 bits per heavy atom. The van der Waals surface area contributed by atoms with Gasteiger partial charge in [-0.3, -0.25) is 24.0 Å². The van der Waals surface area contributed by atoms with Gasteiger partial charge in [-0.25, -0.2) is 4.39 Å². The minimum atomic E-state index is -1.03. The Kier molecular flexibility index (Phi) is 12.2. The molecule has 5 rings (SSSR count). The minimum Gasteiger partial charge on any atom is -0.491 e. The molecule has 2 aliphatic heterocycles. The van der Waals surface area contributed by atoms with Crippen LogP contribution < -0.4 is 15.4 Å². The van der Waals surface area contributed by atoms with E-state index in [2.05, 4.69) is 10.6 Å². The molecular formula is C38H47FN6O6. The summed E-state index contributed by atoms with van der Waals surface area (Å²) in [5, 5.41) is 7.96. The predicted octanol–water partition coefficient (Wildman–Crippen LogP) is 2.45. The van der Waals surface area contributed by atoms with E-state index in [0.29, 0.717) is 19.4 Å². The van der Waals surface area contributed by atoms with Gasteiger partial charge in [0, 0.05) is 39.6 Å². The first-order valence-corrected chi connectivity index (χ1v) is 17.3. The van der Waals surface area contributed by atoms with Crippen molar-refractivity contribution in [1.29, 1.82) is 0 Å². The first-order chi connectivity index (χ1) is 24.4. The summed E-state index contributed by atoms with van der Waals surface area (Å²) >= 11 is 0. The molecule has 13 heteroatoms. The number of rotatable bonds is 8. The van der Waals surface area contributed by atoms with E-state index in [0.717, 1.165) is 28.9 Å². The number of nitrogens with zero attached hydrogens (tertiary/aromatic N) is 4. The molecule has 0 aliphatic carbocycles. The second-order valence-corrected chi connectivity index (χ2v) is 13.6. The highest BCUT2D eigenvalue weighted by Gasteiger charge is 2.38. The Bertz CT molecular complexity index is 1760. The number of carbonyl (C=O) groups excluding carboxylic acids is 5. The zero-order chi connectivity index (χ0) is 36.7.